The largest absolute Gasteiger partial charge is 0.383 e. The summed E-state index contributed by atoms with van der Waals surface area (Å²) in [5.41, 5.74) is 0.819. The zero-order valence-electron chi connectivity index (χ0n) is 13.3. The Morgan fingerprint density at radius 1 is 1.08 bits per heavy atom. The van der Waals surface area contributed by atoms with E-state index in [1.165, 1.54) is 0 Å². The van der Waals surface area contributed by atoms with Crippen LogP contribution in [0.3, 0.4) is 0 Å². The number of rotatable bonds is 6. The Kier molecular flexibility index (Phi) is 5.07. The van der Waals surface area contributed by atoms with Gasteiger partial charge in [0.05, 0.1) is 6.54 Å². The molecule has 2 amide bonds. The van der Waals surface area contributed by atoms with Crippen molar-refractivity contribution in [2.24, 2.45) is 5.92 Å². The number of urea groups is 1. The summed E-state index contributed by atoms with van der Waals surface area (Å²) in [6.07, 6.45) is 1.97. The number of benzene rings is 2. The normalized spacial score (nSPS) is 16.2. The Labute approximate surface area is 146 Å². The van der Waals surface area contributed by atoms with Crippen molar-refractivity contribution in [3.63, 3.8) is 0 Å². The SMILES string of the molecule is O=C(NCc1ccc(Cl)cc1)NC[C@](O)(c1ccccc1)C1CC1. The van der Waals surface area contributed by atoms with Gasteiger partial charge in [-0.25, -0.2) is 4.79 Å². The third-order valence-corrected chi connectivity index (χ3v) is 4.66. The highest BCUT2D eigenvalue weighted by molar-refractivity contribution is 6.30. The quantitative estimate of drug-likeness (QED) is 0.751. The summed E-state index contributed by atoms with van der Waals surface area (Å²) in [5.74, 6) is 0.205. The molecule has 24 heavy (non-hydrogen) atoms. The first-order chi connectivity index (χ1) is 11.6. The number of hydrogen-bond acceptors (Lipinski definition) is 2. The molecule has 5 heteroatoms. The van der Waals surface area contributed by atoms with Crippen LogP contribution in [0.2, 0.25) is 5.02 Å². The third kappa shape index (κ3) is 4.08. The summed E-state index contributed by atoms with van der Waals surface area (Å²) in [6, 6.07) is 16.6. The van der Waals surface area contributed by atoms with Crippen LogP contribution in [0.4, 0.5) is 4.79 Å². The predicted molar refractivity (Wildman–Crippen MR) is 94.8 cm³/mol. The first-order valence-electron chi connectivity index (χ1n) is 8.12. The second-order valence-electron chi connectivity index (χ2n) is 6.23. The van der Waals surface area contributed by atoms with Gasteiger partial charge in [0.1, 0.15) is 5.60 Å². The number of hydrogen-bond donors (Lipinski definition) is 3. The van der Waals surface area contributed by atoms with E-state index in [4.69, 9.17) is 11.6 Å². The Balaban J connectivity index is 1.55. The van der Waals surface area contributed by atoms with E-state index in [-0.39, 0.29) is 18.5 Å². The van der Waals surface area contributed by atoms with E-state index in [9.17, 15) is 9.90 Å². The molecule has 0 aliphatic heterocycles. The summed E-state index contributed by atoms with van der Waals surface area (Å²) >= 11 is 5.84. The van der Waals surface area contributed by atoms with Crippen LogP contribution < -0.4 is 10.6 Å². The minimum absolute atomic E-state index is 0.203. The van der Waals surface area contributed by atoms with Gasteiger partial charge >= 0.3 is 6.03 Å². The molecule has 1 saturated carbocycles. The maximum absolute atomic E-state index is 12.0. The second kappa shape index (κ2) is 7.24. The number of nitrogens with one attached hydrogen (secondary N) is 2. The minimum Gasteiger partial charge on any atom is -0.383 e. The fraction of sp³-hybridized carbons (Fsp3) is 0.316. The molecule has 3 rings (SSSR count). The highest BCUT2D eigenvalue weighted by Crippen LogP contribution is 2.45. The number of aliphatic hydroxyl groups is 1. The third-order valence-electron chi connectivity index (χ3n) is 4.41. The molecular formula is C19H21ClN2O2. The van der Waals surface area contributed by atoms with Crippen LogP contribution in [0, 0.1) is 5.92 Å². The van der Waals surface area contributed by atoms with Crippen LogP contribution in [-0.4, -0.2) is 17.7 Å². The summed E-state index contributed by atoms with van der Waals surface area (Å²) in [6.45, 7) is 0.615. The Morgan fingerprint density at radius 3 is 2.38 bits per heavy atom. The number of carbonyl (C=O) groups is 1. The van der Waals surface area contributed by atoms with Gasteiger partial charge in [0.2, 0.25) is 0 Å². The molecule has 2 aromatic rings. The molecule has 3 N–H and O–H groups in total. The summed E-state index contributed by atoms with van der Waals surface area (Å²) < 4.78 is 0. The van der Waals surface area contributed by atoms with E-state index in [0.29, 0.717) is 11.6 Å². The molecule has 1 fully saturated rings. The van der Waals surface area contributed by atoms with Crippen molar-refractivity contribution < 1.29 is 9.90 Å². The minimum atomic E-state index is -1.00. The molecule has 0 aromatic heterocycles. The number of carbonyl (C=O) groups excluding carboxylic acids is 1. The lowest BCUT2D eigenvalue weighted by Gasteiger charge is -2.29. The van der Waals surface area contributed by atoms with Gasteiger partial charge < -0.3 is 15.7 Å². The summed E-state index contributed by atoms with van der Waals surface area (Å²) in [4.78, 5) is 12.0. The molecule has 0 bridgehead atoms. The van der Waals surface area contributed by atoms with Crippen molar-refractivity contribution in [3.05, 3.63) is 70.7 Å². The summed E-state index contributed by atoms with van der Waals surface area (Å²) in [7, 11) is 0. The Hall–Kier alpha value is -2.04. The molecule has 0 unspecified atom stereocenters. The maximum atomic E-state index is 12.0. The van der Waals surface area contributed by atoms with Gasteiger partial charge in [-0.1, -0.05) is 54.1 Å². The van der Waals surface area contributed by atoms with E-state index in [2.05, 4.69) is 10.6 Å². The topological polar surface area (TPSA) is 61.4 Å². The van der Waals surface area contributed by atoms with Crippen molar-refractivity contribution in [3.8, 4) is 0 Å². The first-order valence-corrected chi connectivity index (χ1v) is 8.50. The van der Waals surface area contributed by atoms with Crippen LogP contribution in [0.5, 0.6) is 0 Å². The van der Waals surface area contributed by atoms with E-state index in [1.54, 1.807) is 12.1 Å². The van der Waals surface area contributed by atoms with Crippen LogP contribution in [0.1, 0.15) is 24.0 Å². The highest BCUT2D eigenvalue weighted by Gasteiger charge is 2.45. The van der Waals surface area contributed by atoms with Gasteiger partial charge in [-0.2, -0.15) is 0 Å². The van der Waals surface area contributed by atoms with Crippen LogP contribution in [-0.2, 0) is 12.1 Å². The molecule has 0 radical (unpaired) electrons. The van der Waals surface area contributed by atoms with Gasteiger partial charge in [0.25, 0.3) is 0 Å². The first kappa shape index (κ1) is 16.8. The summed E-state index contributed by atoms with van der Waals surface area (Å²) in [5, 5.41) is 17.3. The van der Waals surface area contributed by atoms with Crippen molar-refractivity contribution in [2.45, 2.75) is 25.0 Å². The average Bonchev–Trinajstić information content (AvgIpc) is 3.45. The van der Waals surface area contributed by atoms with Gasteiger partial charge in [-0.15, -0.1) is 0 Å². The zero-order chi connectivity index (χ0) is 17.0. The van der Waals surface area contributed by atoms with Gasteiger partial charge in [-0.05, 0) is 42.0 Å². The number of halogens is 1. The molecule has 4 nitrogen and oxygen atoms in total. The van der Waals surface area contributed by atoms with E-state index >= 15 is 0 Å². The number of amides is 2. The Bertz CT molecular complexity index is 686. The predicted octanol–water partition coefficient (Wildman–Crippen LogP) is 3.44. The monoisotopic (exact) mass is 344 g/mol. The fourth-order valence-corrected chi connectivity index (χ4v) is 2.96. The lowest BCUT2D eigenvalue weighted by atomic mass is 9.89. The molecule has 0 spiro atoms. The smallest absolute Gasteiger partial charge is 0.315 e. The van der Waals surface area contributed by atoms with Crippen molar-refractivity contribution in [2.75, 3.05) is 6.54 Å². The van der Waals surface area contributed by atoms with Crippen LogP contribution in [0.25, 0.3) is 0 Å². The fourth-order valence-electron chi connectivity index (χ4n) is 2.83. The lowest BCUT2D eigenvalue weighted by Crippen LogP contribution is -2.45. The second-order valence-corrected chi connectivity index (χ2v) is 6.66. The molecular weight excluding hydrogens is 324 g/mol. The maximum Gasteiger partial charge on any atom is 0.315 e. The molecule has 126 valence electrons. The van der Waals surface area contributed by atoms with Crippen molar-refractivity contribution in [1.29, 1.82) is 0 Å². The van der Waals surface area contributed by atoms with Crippen molar-refractivity contribution in [1.82, 2.24) is 10.6 Å². The van der Waals surface area contributed by atoms with E-state index in [0.717, 1.165) is 24.0 Å². The molecule has 1 aliphatic rings. The zero-order valence-corrected chi connectivity index (χ0v) is 14.1. The molecule has 0 heterocycles. The highest BCUT2D eigenvalue weighted by atomic mass is 35.5. The molecule has 1 atom stereocenters. The molecule has 0 saturated heterocycles. The molecule has 2 aromatic carbocycles. The molecule has 1 aliphatic carbocycles. The van der Waals surface area contributed by atoms with Crippen molar-refractivity contribution >= 4 is 17.6 Å². The van der Waals surface area contributed by atoms with Gasteiger partial charge in [0, 0.05) is 11.6 Å². The van der Waals surface area contributed by atoms with Crippen LogP contribution in [0.15, 0.2) is 54.6 Å². The van der Waals surface area contributed by atoms with E-state index < -0.39 is 5.60 Å². The van der Waals surface area contributed by atoms with Gasteiger partial charge in [0.15, 0.2) is 0 Å². The lowest BCUT2D eigenvalue weighted by molar-refractivity contribution is 0.0159. The van der Waals surface area contributed by atoms with E-state index in [1.807, 2.05) is 42.5 Å². The van der Waals surface area contributed by atoms with Gasteiger partial charge in [-0.3, -0.25) is 0 Å². The average molecular weight is 345 g/mol. The van der Waals surface area contributed by atoms with Crippen LogP contribution >= 0.6 is 11.6 Å². The Morgan fingerprint density at radius 2 is 1.75 bits per heavy atom. The standard InChI is InChI=1S/C19H21ClN2O2/c20-17-10-6-14(7-11-17)12-21-18(23)22-13-19(24,16-8-9-16)15-4-2-1-3-5-15/h1-7,10-11,16,24H,8-9,12-13H2,(H2,21,22,23)/t19-/m0/s1.